The van der Waals surface area contributed by atoms with Gasteiger partial charge in [0, 0.05) is 19.0 Å². The Hall–Kier alpha value is -2.68. The van der Waals surface area contributed by atoms with Gasteiger partial charge in [0.15, 0.2) is 5.65 Å². The largest absolute Gasteiger partial charge is 0.341 e. The van der Waals surface area contributed by atoms with E-state index in [1.165, 1.54) is 7.05 Å². The molecule has 0 aliphatic heterocycles. The fourth-order valence-corrected chi connectivity index (χ4v) is 3.26. The van der Waals surface area contributed by atoms with Gasteiger partial charge in [-0.1, -0.05) is 30.0 Å². The highest BCUT2D eigenvalue weighted by molar-refractivity contribution is 8.00. The summed E-state index contributed by atoms with van der Waals surface area (Å²) < 4.78 is 2.07. The van der Waals surface area contributed by atoms with Crippen LogP contribution in [-0.4, -0.2) is 44.0 Å². The molecule has 8 nitrogen and oxygen atoms in total. The fourth-order valence-electron chi connectivity index (χ4n) is 2.55. The van der Waals surface area contributed by atoms with Crippen LogP contribution in [0.4, 0.5) is 4.79 Å². The SMILES string of the molecule is CCn1c2ccccc2c2nnc(S[C@H](C)C(=O)NC(=O)NC)nc21. The average molecular weight is 358 g/mol. The van der Waals surface area contributed by atoms with E-state index >= 15 is 0 Å². The van der Waals surface area contributed by atoms with E-state index in [1.807, 2.05) is 31.2 Å². The number of aromatic nitrogens is 4. The monoisotopic (exact) mass is 358 g/mol. The Bertz CT molecular complexity index is 954. The van der Waals surface area contributed by atoms with Crippen molar-refractivity contribution in [2.75, 3.05) is 7.05 Å². The van der Waals surface area contributed by atoms with Crippen molar-refractivity contribution in [3.63, 3.8) is 0 Å². The Kier molecular flexibility index (Phi) is 4.84. The van der Waals surface area contributed by atoms with Gasteiger partial charge in [-0.2, -0.15) is 0 Å². The maximum atomic E-state index is 12.0. The van der Waals surface area contributed by atoms with Gasteiger partial charge in [-0.3, -0.25) is 10.1 Å². The van der Waals surface area contributed by atoms with Crippen LogP contribution in [0.3, 0.4) is 0 Å². The molecule has 1 atom stereocenters. The van der Waals surface area contributed by atoms with Gasteiger partial charge in [0.1, 0.15) is 5.52 Å². The summed E-state index contributed by atoms with van der Waals surface area (Å²) in [6.07, 6.45) is 0. The summed E-state index contributed by atoms with van der Waals surface area (Å²) >= 11 is 1.16. The molecule has 0 aliphatic rings. The Labute approximate surface area is 148 Å². The van der Waals surface area contributed by atoms with Crippen molar-refractivity contribution < 1.29 is 9.59 Å². The molecule has 130 valence electrons. The molecule has 0 radical (unpaired) electrons. The number of carbonyl (C=O) groups excluding carboxylic acids is 2. The summed E-state index contributed by atoms with van der Waals surface area (Å²) in [6.45, 7) is 4.48. The molecular weight excluding hydrogens is 340 g/mol. The summed E-state index contributed by atoms with van der Waals surface area (Å²) in [5.41, 5.74) is 2.53. The zero-order chi connectivity index (χ0) is 18.0. The van der Waals surface area contributed by atoms with Gasteiger partial charge < -0.3 is 9.88 Å². The highest BCUT2D eigenvalue weighted by Crippen LogP contribution is 2.27. The minimum atomic E-state index is -0.543. The van der Waals surface area contributed by atoms with Crippen LogP contribution in [0, 0.1) is 0 Å². The first kappa shape index (κ1) is 17.2. The number of benzene rings is 1. The molecule has 0 unspecified atom stereocenters. The second kappa shape index (κ2) is 7.06. The normalized spacial score (nSPS) is 12.3. The number of carbonyl (C=O) groups is 2. The number of thioether (sulfide) groups is 1. The summed E-state index contributed by atoms with van der Waals surface area (Å²) in [5.74, 6) is -0.413. The van der Waals surface area contributed by atoms with Gasteiger partial charge in [0.25, 0.3) is 0 Å². The number of para-hydroxylation sites is 1. The topological polar surface area (TPSA) is 102 Å². The van der Waals surface area contributed by atoms with Gasteiger partial charge in [0.2, 0.25) is 11.1 Å². The van der Waals surface area contributed by atoms with E-state index in [9.17, 15) is 9.59 Å². The maximum absolute atomic E-state index is 12.0. The van der Waals surface area contributed by atoms with Crippen LogP contribution in [0.2, 0.25) is 0 Å². The van der Waals surface area contributed by atoms with Crippen LogP contribution in [0.25, 0.3) is 22.1 Å². The van der Waals surface area contributed by atoms with E-state index in [-0.39, 0.29) is 0 Å². The fraction of sp³-hybridized carbons (Fsp3) is 0.312. The van der Waals surface area contributed by atoms with Gasteiger partial charge in [-0.25, -0.2) is 9.78 Å². The Morgan fingerprint density at radius 1 is 1.28 bits per heavy atom. The lowest BCUT2D eigenvalue weighted by Gasteiger charge is -2.09. The lowest BCUT2D eigenvalue weighted by molar-refractivity contribution is -0.119. The molecule has 3 aromatic rings. The summed E-state index contributed by atoms with van der Waals surface area (Å²) in [7, 11) is 1.45. The van der Waals surface area contributed by atoms with E-state index in [1.54, 1.807) is 6.92 Å². The van der Waals surface area contributed by atoms with E-state index in [0.29, 0.717) is 5.16 Å². The summed E-state index contributed by atoms with van der Waals surface area (Å²) in [5, 5.41) is 13.9. The molecule has 2 heterocycles. The predicted octanol–water partition coefficient (Wildman–Crippen LogP) is 1.94. The van der Waals surface area contributed by atoms with Crippen LogP contribution in [0.5, 0.6) is 0 Å². The number of fused-ring (bicyclic) bond motifs is 3. The molecule has 9 heteroatoms. The number of rotatable bonds is 4. The third-order valence-electron chi connectivity index (χ3n) is 3.79. The van der Waals surface area contributed by atoms with Gasteiger partial charge in [-0.05, 0) is 19.9 Å². The smallest absolute Gasteiger partial charge is 0.321 e. The molecule has 0 spiro atoms. The number of imide groups is 1. The van der Waals surface area contributed by atoms with E-state index < -0.39 is 17.2 Å². The molecular formula is C16H18N6O2S. The van der Waals surface area contributed by atoms with E-state index in [0.717, 1.165) is 40.4 Å². The first-order chi connectivity index (χ1) is 12.0. The molecule has 0 saturated carbocycles. The zero-order valence-corrected chi connectivity index (χ0v) is 14.9. The van der Waals surface area contributed by atoms with Crippen molar-refractivity contribution in [1.29, 1.82) is 0 Å². The average Bonchev–Trinajstić information content (AvgIpc) is 2.94. The Morgan fingerprint density at radius 3 is 2.76 bits per heavy atom. The number of hydrogen-bond donors (Lipinski definition) is 2. The third-order valence-corrected chi connectivity index (χ3v) is 4.74. The van der Waals surface area contributed by atoms with E-state index in [2.05, 4.69) is 30.4 Å². The van der Waals surface area contributed by atoms with E-state index in [4.69, 9.17) is 0 Å². The van der Waals surface area contributed by atoms with Crippen LogP contribution in [0.1, 0.15) is 13.8 Å². The van der Waals surface area contributed by atoms with Gasteiger partial charge in [0.05, 0.1) is 10.8 Å². The minimum Gasteiger partial charge on any atom is -0.341 e. The van der Waals surface area contributed by atoms with Crippen LogP contribution in [-0.2, 0) is 11.3 Å². The highest BCUT2D eigenvalue weighted by atomic mass is 32.2. The molecule has 0 aliphatic carbocycles. The third kappa shape index (κ3) is 3.27. The maximum Gasteiger partial charge on any atom is 0.321 e. The molecule has 0 saturated heterocycles. The van der Waals surface area contributed by atoms with Crippen LogP contribution in [0.15, 0.2) is 29.4 Å². The number of amides is 3. The summed E-state index contributed by atoms with van der Waals surface area (Å²) in [6, 6.07) is 7.40. The standard InChI is InChI=1S/C16H18N6O2S/c1-4-22-11-8-6-5-7-10(11)12-13(22)18-16(21-20-12)25-9(2)14(23)19-15(24)17-3/h5-9H,4H2,1-3H3,(H2,17,19,23,24)/t9-/m1/s1. The Morgan fingerprint density at radius 2 is 2.04 bits per heavy atom. The lowest BCUT2D eigenvalue weighted by atomic mass is 10.2. The van der Waals surface area contributed by atoms with Crippen LogP contribution >= 0.6 is 11.8 Å². The molecule has 3 rings (SSSR count). The second-order valence-corrected chi connectivity index (χ2v) is 6.66. The number of urea groups is 1. The number of nitrogens with zero attached hydrogens (tertiary/aromatic N) is 4. The highest BCUT2D eigenvalue weighted by Gasteiger charge is 2.20. The first-order valence-corrected chi connectivity index (χ1v) is 8.74. The Balaban J connectivity index is 1.92. The van der Waals surface area contributed by atoms with Crippen molar-refractivity contribution in [2.24, 2.45) is 0 Å². The van der Waals surface area contributed by atoms with Crippen LogP contribution < -0.4 is 10.6 Å². The predicted molar refractivity (Wildman–Crippen MR) is 96.4 cm³/mol. The number of hydrogen-bond acceptors (Lipinski definition) is 6. The van der Waals surface area contributed by atoms with Crippen molar-refractivity contribution in [3.05, 3.63) is 24.3 Å². The van der Waals surface area contributed by atoms with Crippen molar-refractivity contribution in [2.45, 2.75) is 30.8 Å². The van der Waals surface area contributed by atoms with Crippen molar-refractivity contribution in [1.82, 2.24) is 30.4 Å². The molecule has 2 N–H and O–H groups in total. The molecule has 0 bridgehead atoms. The lowest BCUT2D eigenvalue weighted by Crippen LogP contribution is -2.41. The van der Waals surface area contributed by atoms with Crippen molar-refractivity contribution >= 4 is 45.8 Å². The molecule has 3 amide bonds. The van der Waals surface area contributed by atoms with Crippen molar-refractivity contribution in [3.8, 4) is 0 Å². The number of nitrogens with one attached hydrogen (secondary N) is 2. The second-order valence-electron chi connectivity index (χ2n) is 5.36. The first-order valence-electron chi connectivity index (χ1n) is 7.86. The molecule has 1 aromatic carbocycles. The molecule has 25 heavy (non-hydrogen) atoms. The number of aryl methyl sites for hydroxylation is 1. The van der Waals surface area contributed by atoms with Gasteiger partial charge >= 0.3 is 6.03 Å². The molecule has 0 fully saturated rings. The van der Waals surface area contributed by atoms with Gasteiger partial charge in [-0.15, -0.1) is 10.2 Å². The molecule has 2 aromatic heterocycles. The zero-order valence-electron chi connectivity index (χ0n) is 14.1. The summed E-state index contributed by atoms with van der Waals surface area (Å²) in [4.78, 5) is 27.8. The quantitative estimate of drug-likeness (QED) is 0.691. The minimum absolute atomic E-state index is 0.393.